The Labute approximate surface area is 207 Å². The van der Waals surface area contributed by atoms with Crippen LogP contribution in [0.3, 0.4) is 0 Å². The van der Waals surface area contributed by atoms with Gasteiger partial charge in [0.25, 0.3) is 5.91 Å². The molecule has 3 amide bonds. The lowest BCUT2D eigenvalue weighted by Gasteiger charge is -2.32. The molecule has 184 valence electrons. The van der Waals surface area contributed by atoms with Crippen molar-refractivity contribution in [3.8, 4) is 0 Å². The molecular formula is C26H27N7O3. The van der Waals surface area contributed by atoms with Gasteiger partial charge in [0.15, 0.2) is 0 Å². The Balaban J connectivity index is 1.21. The maximum atomic E-state index is 13.1. The minimum Gasteiger partial charge on any atom is -0.338 e. The molecule has 2 aromatic carbocycles. The summed E-state index contributed by atoms with van der Waals surface area (Å²) in [7, 11) is 0. The molecule has 0 spiro atoms. The van der Waals surface area contributed by atoms with Gasteiger partial charge in [-0.3, -0.25) is 24.2 Å². The molecule has 36 heavy (non-hydrogen) atoms. The number of benzene rings is 2. The topological polar surface area (TPSA) is 125 Å². The monoisotopic (exact) mass is 485 g/mol. The SMILES string of the molecule is CC(C(=O)Nc1cccc(NC(=O)C2CCCN(C(=O)c3ccc4[nH]ncc4c3)C2)c1)n1cccn1. The van der Waals surface area contributed by atoms with Crippen molar-refractivity contribution in [1.82, 2.24) is 24.9 Å². The molecule has 1 saturated heterocycles. The van der Waals surface area contributed by atoms with Gasteiger partial charge < -0.3 is 15.5 Å². The number of carbonyl (C=O) groups is 3. The quantitative estimate of drug-likeness (QED) is 0.386. The number of aromatic nitrogens is 4. The predicted molar refractivity (Wildman–Crippen MR) is 135 cm³/mol. The third kappa shape index (κ3) is 4.97. The van der Waals surface area contributed by atoms with E-state index in [1.165, 1.54) is 0 Å². The van der Waals surface area contributed by atoms with Crippen LogP contribution < -0.4 is 10.6 Å². The second-order valence-corrected chi connectivity index (χ2v) is 8.98. The number of rotatable bonds is 6. The number of likely N-dealkylation sites (tertiary alicyclic amines) is 1. The van der Waals surface area contributed by atoms with Gasteiger partial charge in [-0.15, -0.1) is 0 Å². The van der Waals surface area contributed by atoms with Crippen molar-refractivity contribution >= 4 is 40.0 Å². The average molecular weight is 486 g/mol. The van der Waals surface area contributed by atoms with Crippen LogP contribution in [0.1, 0.15) is 36.2 Å². The maximum Gasteiger partial charge on any atom is 0.253 e. The van der Waals surface area contributed by atoms with Crippen LogP contribution in [0.4, 0.5) is 11.4 Å². The molecule has 10 nitrogen and oxygen atoms in total. The lowest BCUT2D eigenvalue weighted by molar-refractivity contribution is -0.121. The number of amides is 3. The second kappa shape index (κ2) is 10.0. The van der Waals surface area contributed by atoms with Gasteiger partial charge in [-0.2, -0.15) is 10.2 Å². The highest BCUT2D eigenvalue weighted by molar-refractivity contribution is 5.99. The molecule has 4 aromatic rings. The smallest absolute Gasteiger partial charge is 0.253 e. The minimum atomic E-state index is -0.474. The second-order valence-electron chi connectivity index (χ2n) is 8.98. The largest absolute Gasteiger partial charge is 0.338 e. The van der Waals surface area contributed by atoms with Crippen LogP contribution in [0.2, 0.25) is 0 Å². The number of nitrogens with zero attached hydrogens (tertiary/aromatic N) is 4. The molecule has 3 N–H and O–H groups in total. The number of carbonyl (C=O) groups excluding carboxylic acids is 3. The number of nitrogens with one attached hydrogen (secondary N) is 3. The summed E-state index contributed by atoms with van der Waals surface area (Å²) < 4.78 is 1.57. The molecule has 0 saturated carbocycles. The summed E-state index contributed by atoms with van der Waals surface area (Å²) in [6.45, 7) is 2.73. The van der Waals surface area contributed by atoms with Crippen LogP contribution in [0.25, 0.3) is 10.9 Å². The van der Waals surface area contributed by atoms with E-state index in [2.05, 4.69) is 25.9 Å². The van der Waals surface area contributed by atoms with E-state index in [-0.39, 0.29) is 23.6 Å². The normalized spacial score (nSPS) is 16.5. The third-order valence-corrected chi connectivity index (χ3v) is 6.47. The lowest BCUT2D eigenvalue weighted by Crippen LogP contribution is -2.43. The number of piperidine rings is 1. The number of anilines is 2. The van der Waals surface area contributed by atoms with Crippen molar-refractivity contribution in [2.24, 2.45) is 5.92 Å². The first-order valence-corrected chi connectivity index (χ1v) is 11.9. The predicted octanol–water partition coefficient (Wildman–Crippen LogP) is 3.45. The molecule has 1 aliphatic heterocycles. The zero-order chi connectivity index (χ0) is 25.1. The standard InChI is InChI=1S/C26H27N7O3/c1-17(33-12-4-10-28-33)24(34)29-21-6-2-7-22(14-21)30-25(35)19-5-3-11-32(16-19)26(36)18-8-9-23-20(13-18)15-27-31-23/h2,4,6-10,12-15,17,19H,3,5,11,16H2,1H3,(H,27,31)(H,29,34)(H,30,35). The first-order chi connectivity index (χ1) is 17.5. The molecule has 0 radical (unpaired) electrons. The summed E-state index contributed by atoms with van der Waals surface area (Å²) in [5, 5.41) is 17.7. The van der Waals surface area contributed by atoms with Gasteiger partial charge in [0.05, 0.1) is 17.6 Å². The summed E-state index contributed by atoms with van der Waals surface area (Å²) in [4.78, 5) is 40.4. The van der Waals surface area contributed by atoms with Gasteiger partial charge in [-0.25, -0.2) is 0 Å². The molecule has 0 bridgehead atoms. The van der Waals surface area contributed by atoms with E-state index in [0.717, 1.165) is 17.3 Å². The van der Waals surface area contributed by atoms with Gasteiger partial charge in [-0.05, 0) is 62.2 Å². The van der Waals surface area contributed by atoms with E-state index in [1.54, 1.807) is 71.5 Å². The highest BCUT2D eigenvalue weighted by atomic mass is 16.2. The fourth-order valence-corrected chi connectivity index (χ4v) is 4.43. The molecule has 2 unspecified atom stereocenters. The lowest BCUT2D eigenvalue weighted by atomic mass is 9.96. The summed E-state index contributed by atoms with van der Waals surface area (Å²) in [5.41, 5.74) is 2.61. The van der Waals surface area contributed by atoms with Crippen molar-refractivity contribution in [2.75, 3.05) is 23.7 Å². The molecule has 0 aliphatic carbocycles. The van der Waals surface area contributed by atoms with E-state index in [9.17, 15) is 14.4 Å². The molecule has 2 atom stereocenters. The Hall–Kier alpha value is -4.47. The minimum absolute atomic E-state index is 0.0911. The first kappa shape index (κ1) is 23.3. The summed E-state index contributed by atoms with van der Waals surface area (Å²) in [6, 6.07) is 13.8. The summed E-state index contributed by atoms with van der Waals surface area (Å²) in [5.74, 6) is -0.770. The van der Waals surface area contributed by atoms with E-state index >= 15 is 0 Å². The van der Waals surface area contributed by atoms with E-state index in [0.29, 0.717) is 36.4 Å². The Kier molecular flexibility index (Phi) is 6.48. The maximum absolute atomic E-state index is 13.1. The number of hydrogen-bond acceptors (Lipinski definition) is 5. The average Bonchev–Trinajstić information content (AvgIpc) is 3.60. The van der Waals surface area contributed by atoms with Crippen LogP contribution in [0, 0.1) is 5.92 Å². The van der Waals surface area contributed by atoms with E-state index in [1.807, 2.05) is 12.1 Å². The van der Waals surface area contributed by atoms with E-state index in [4.69, 9.17) is 0 Å². The molecule has 5 rings (SSSR count). The number of aromatic amines is 1. The van der Waals surface area contributed by atoms with Gasteiger partial charge >= 0.3 is 0 Å². The van der Waals surface area contributed by atoms with Gasteiger partial charge in [0.2, 0.25) is 11.8 Å². The number of hydrogen-bond donors (Lipinski definition) is 3. The van der Waals surface area contributed by atoms with Crippen LogP contribution in [-0.2, 0) is 9.59 Å². The Morgan fingerprint density at radius 2 is 1.92 bits per heavy atom. The molecule has 10 heteroatoms. The van der Waals surface area contributed by atoms with Gasteiger partial charge in [0.1, 0.15) is 6.04 Å². The summed E-state index contributed by atoms with van der Waals surface area (Å²) >= 11 is 0. The fourth-order valence-electron chi connectivity index (χ4n) is 4.43. The van der Waals surface area contributed by atoms with Gasteiger partial charge in [0, 0.05) is 47.8 Å². The molecule has 2 aromatic heterocycles. The highest BCUT2D eigenvalue weighted by Crippen LogP contribution is 2.23. The highest BCUT2D eigenvalue weighted by Gasteiger charge is 2.29. The van der Waals surface area contributed by atoms with Crippen LogP contribution >= 0.6 is 0 Å². The summed E-state index contributed by atoms with van der Waals surface area (Å²) in [6.07, 6.45) is 6.49. The van der Waals surface area contributed by atoms with Crippen LogP contribution in [0.5, 0.6) is 0 Å². The molecular weight excluding hydrogens is 458 g/mol. The Morgan fingerprint density at radius 1 is 1.08 bits per heavy atom. The van der Waals surface area contributed by atoms with Crippen molar-refractivity contribution in [1.29, 1.82) is 0 Å². The number of H-pyrrole nitrogens is 1. The van der Waals surface area contributed by atoms with Crippen molar-refractivity contribution < 1.29 is 14.4 Å². The van der Waals surface area contributed by atoms with E-state index < -0.39 is 6.04 Å². The zero-order valence-corrected chi connectivity index (χ0v) is 19.8. The van der Waals surface area contributed by atoms with Crippen molar-refractivity contribution in [2.45, 2.75) is 25.8 Å². The van der Waals surface area contributed by atoms with Gasteiger partial charge in [-0.1, -0.05) is 6.07 Å². The van der Waals surface area contributed by atoms with Crippen LogP contribution in [0.15, 0.2) is 67.1 Å². The molecule has 1 fully saturated rings. The molecule has 1 aliphatic rings. The third-order valence-electron chi connectivity index (χ3n) is 6.47. The Bertz CT molecular complexity index is 1400. The van der Waals surface area contributed by atoms with Crippen molar-refractivity contribution in [3.05, 3.63) is 72.7 Å². The zero-order valence-electron chi connectivity index (χ0n) is 19.8. The fraction of sp³-hybridized carbons (Fsp3) is 0.269. The first-order valence-electron chi connectivity index (χ1n) is 11.9. The number of fused-ring (bicyclic) bond motifs is 1. The van der Waals surface area contributed by atoms with Crippen molar-refractivity contribution in [3.63, 3.8) is 0 Å². The Morgan fingerprint density at radius 3 is 2.72 bits per heavy atom. The molecule has 3 heterocycles. The van der Waals surface area contributed by atoms with Crippen LogP contribution in [-0.4, -0.2) is 55.7 Å².